The van der Waals surface area contributed by atoms with Crippen molar-refractivity contribution in [3.05, 3.63) is 29.3 Å². The van der Waals surface area contributed by atoms with Crippen molar-refractivity contribution in [3.63, 3.8) is 0 Å². The van der Waals surface area contributed by atoms with Crippen LogP contribution in [0.3, 0.4) is 0 Å². The quantitative estimate of drug-likeness (QED) is 0.728. The minimum Gasteiger partial charge on any atom is -0.490 e. The number of benzene rings is 1. The van der Waals surface area contributed by atoms with Crippen LogP contribution in [0.1, 0.15) is 81.8 Å². The van der Waals surface area contributed by atoms with Crippen LogP contribution in [0.4, 0.5) is 0 Å². The molecule has 5 atom stereocenters. The monoisotopic (exact) mass is 364 g/mol. The summed E-state index contributed by atoms with van der Waals surface area (Å²) in [5, 5.41) is 11.1. The van der Waals surface area contributed by atoms with E-state index in [1.54, 1.807) is 5.56 Å². The highest BCUT2D eigenvalue weighted by atomic mass is 16.5. The fourth-order valence-corrected chi connectivity index (χ4v) is 7.08. The number of aryl methyl sites for hydroxylation is 1. The van der Waals surface area contributed by atoms with E-state index in [9.17, 15) is 5.11 Å². The van der Waals surface area contributed by atoms with Gasteiger partial charge in [-0.15, -0.1) is 6.42 Å². The Morgan fingerprint density at radius 3 is 2.70 bits per heavy atom. The van der Waals surface area contributed by atoms with Gasteiger partial charge in [0.15, 0.2) is 0 Å². The first-order valence-corrected chi connectivity index (χ1v) is 11.0. The fraction of sp³-hybridized carbons (Fsp3) is 0.680. The van der Waals surface area contributed by atoms with Gasteiger partial charge in [-0.1, -0.05) is 18.9 Å². The van der Waals surface area contributed by atoms with Gasteiger partial charge in [0.05, 0.1) is 6.10 Å². The lowest BCUT2D eigenvalue weighted by atomic mass is 9.53. The third-order valence-corrected chi connectivity index (χ3v) is 8.69. The molecule has 5 rings (SSSR count). The van der Waals surface area contributed by atoms with E-state index in [2.05, 4.69) is 31.0 Å². The van der Waals surface area contributed by atoms with Crippen LogP contribution in [-0.2, 0) is 6.42 Å². The van der Waals surface area contributed by atoms with Gasteiger partial charge in [-0.3, -0.25) is 0 Å². The third kappa shape index (κ3) is 2.58. The predicted molar refractivity (Wildman–Crippen MR) is 108 cm³/mol. The molecule has 1 aromatic rings. The summed E-state index contributed by atoms with van der Waals surface area (Å²) in [4.78, 5) is 0. The largest absolute Gasteiger partial charge is 0.490 e. The molecule has 27 heavy (non-hydrogen) atoms. The van der Waals surface area contributed by atoms with Gasteiger partial charge in [-0.05, 0) is 105 Å². The minimum absolute atomic E-state index is 0.105. The average Bonchev–Trinajstić information content (AvgIpc) is 3.28. The maximum atomic E-state index is 11.1. The van der Waals surface area contributed by atoms with E-state index < -0.39 is 5.60 Å². The molecule has 0 amide bonds. The number of hydrogen-bond acceptors (Lipinski definition) is 2. The van der Waals surface area contributed by atoms with Crippen LogP contribution in [0, 0.1) is 29.6 Å². The van der Waals surface area contributed by atoms with Crippen molar-refractivity contribution >= 4 is 0 Å². The second-order valence-electron chi connectivity index (χ2n) is 9.80. The molecule has 0 saturated heterocycles. The number of fused-ring (bicyclic) bond motifs is 5. The van der Waals surface area contributed by atoms with Crippen LogP contribution in [0.25, 0.3) is 0 Å². The van der Waals surface area contributed by atoms with Gasteiger partial charge in [0.1, 0.15) is 11.4 Å². The Labute approximate surface area is 163 Å². The molecule has 4 aliphatic rings. The Morgan fingerprint density at radius 2 is 1.93 bits per heavy atom. The van der Waals surface area contributed by atoms with E-state index in [1.165, 1.54) is 37.7 Å². The van der Waals surface area contributed by atoms with Gasteiger partial charge in [-0.25, -0.2) is 0 Å². The zero-order chi connectivity index (χ0) is 18.6. The number of hydrogen-bond donors (Lipinski definition) is 1. The minimum atomic E-state index is -0.901. The van der Waals surface area contributed by atoms with Crippen molar-refractivity contribution in [3.8, 4) is 18.1 Å². The maximum Gasteiger partial charge on any atom is 0.130 e. The van der Waals surface area contributed by atoms with Crippen molar-refractivity contribution in [2.45, 2.75) is 88.8 Å². The lowest BCUT2D eigenvalue weighted by Gasteiger charge is -2.52. The van der Waals surface area contributed by atoms with Crippen LogP contribution < -0.4 is 4.74 Å². The lowest BCUT2D eigenvalue weighted by molar-refractivity contribution is -0.0647. The molecule has 4 aliphatic carbocycles. The summed E-state index contributed by atoms with van der Waals surface area (Å²) in [6, 6.07) is 6.88. The Kier molecular flexibility index (Phi) is 4.10. The van der Waals surface area contributed by atoms with Crippen LogP contribution in [0.2, 0.25) is 0 Å². The molecule has 1 aromatic carbocycles. The number of rotatable bonds is 2. The maximum absolute atomic E-state index is 11.1. The van der Waals surface area contributed by atoms with Crippen molar-refractivity contribution in [2.24, 2.45) is 17.3 Å². The van der Waals surface area contributed by atoms with Crippen molar-refractivity contribution in [2.75, 3.05) is 0 Å². The number of aliphatic hydroxyl groups is 1. The van der Waals surface area contributed by atoms with E-state index in [4.69, 9.17) is 11.2 Å². The van der Waals surface area contributed by atoms with Gasteiger partial charge in [-0.2, -0.15) is 0 Å². The summed E-state index contributed by atoms with van der Waals surface area (Å²) in [7, 11) is 0. The summed E-state index contributed by atoms with van der Waals surface area (Å²) < 4.78 is 6.25. The molecule has 2 nitrogen and oxygen atoms in total. The fourth-order valence-electron chi connectivity index (χ4n) is 7.08. The van der Waals surface area contributed by atoms with Crippen LogP contribution in [-0.4, -0.2) is 16.8 Å². The molecular formula is C25H32O2. The highest BCUT2D eigenvalue weighted by molar-refractivity contribution is 5.41. The first kappa shape index (κ1) is 17.6. The van der Waals surface area contributed by atoms with Crippen LogP contribution >= 0.6 is 0 Å². The highest BCUT2D eigenvalue weighted by Crippen LogP contribution is 2.64. The van der Waals surface area contributed by atoms with Gasteiger partial charge < -0.3 is 9.84 Å². The van der Waals surface area contributed by atoms with E-state index in [-0.39, 0.29) is 5.41 Å². The van der Waals surface area contributed by atoms with Crippen molar-refractivity contribution in [1.29, 1.82) is 0 Å². The SMILES string of the molecule is C#C[C@@]1(O)CC[C@H]2[C@H]3CCc4cc(OC5CCCC5)ccc4[C@H]3CC[C@@]21C. The predicted octanol–water partition coefficient (Wildman–Crippen LogP) is 5.23. The Hall–Kier alpha value is -1.46. The molecule has 0 unspecified atom stereocenters. The van der Waals surface area contributed by atoms with Crippen LogP contribution in [0.15, 0.2) is 18.2 Å². The van der Waals surface area contributed by atoms with Gasteiger partial charge >= 0.3 is 0 Å². The van der Waals surface area contributed by atoms with Crippen molar-refractivity contribution in [1.82, 2.24) is 0 Å². The zero-order valence-electron chi connectivity index (χ0n) is 16.5. The molecule has 3 fully saturated rings. The smallest absolute Gasteiger partial charge is 0.130 e. The molecule has 2 heteroatoms. The zero-order valence-corrected chi connectivity index (χ0v) is 16.5. The Balaban J connectivity index is 1.40. The molecule has 0 radical (unpaired) electrons. The van der Waals surface area contributed by atoms with Gasteiger partial charge in [0.2, 0.25) is 0 Å². The average molecular weight is 365 g/mol. The van der Waals surface area contributed by atoms with Gasteiger partial charge in [0, 0.05) is 5.41 Å². The molecule has 144 valence electrons. The van der Waals surface area contributed by atoms with E-state index in [0.717, 1.165) is 37.9 Å². The number of terminal acetylenes is 1. The summed E-state index contributed by atoms with van der Waals surface area (Å²) in [5.41, 5.74) is 2.04. The molecular weight excluding hydrogens is 332 g/mol. The van der Waals surface area contributed by atoms with Gasteiger partial charge in [0.25, 0.3) is 0 Å². The molecule has 0 heterocycles. The standard InChI is InChI=1S/C25H32O2/c1-3-25(26)15-13-23-22-10-8-17-16-19(27-18-6-4-5-7-18)9-11-20(17)21(22)12-14-24(23,25)2/h1,9,11,16,18,21-23,26H,4-8,10,12-15H2,2H3/t21-,22+,23+,24+,25-/m1/s1. The van der Waals surface area contributed by atoms with Crippen molar-refractivity contribution < 1.29 is 9.84 Å². The number of ether oxygens (including phenoxy) is 1. The van der Waals surface area contributed by atoms with E-state index in [0.29, 0.717) is 23.9 Å². The summed E-state index contributed by atoms with van der Waals surface area (Å²) in [5.74, 6) is 5.70. The third-order valence-electron chi connectivity index (χ3n) is 8.69. The molecule has 3 saturated carbocycles. The normalized spacial score (nSPS) is 40.7. The first-order valence-electron chi connectivity index (χ1n) is 11.0. The molecule has 0 spiro atoms. The second kappa shape index (κ2) is 6.28. The summed E-state index contributed by atoms with van der Waals surface area (Å²) in [6.45, 7) is 2.26. The van der Waals surface area contributed by atoms with Crippen LogP contribution in [0.5, 0.6) is 5.75 Å². The second-order valence-corrected chi connectivity index (χ2v) is 9.80. The Morgan fingerprint density at radius 1 is 1.11 bits per heavy atom. The van der Waals surface area contributed by atoms with E-state index >= 15 is 0 Å². The highest BCUT2D eigenvalue weighted by Gasteiger charge is 2.61. The molecule has 0 aromatic heterocycles. The van der Waals surface area contributed by atoms with E-state index in [1.807, 2.05) is 0 Å². The summed E-state index contributed by atoms with van der Waals surface area (Å²) >= 11 is 0. The molecule has 1 N–H and O–H groups in total. The lowest BCUT2D eigenvalue weighted by Crippen LogP contribution is -2.50. The molecule has 0 bridgehead atoms. The first-order chi connectivity index (χ1) is 13.0. The Bertz CT molecular complexity index is 771. The summed E-state index contributed by atoms with van der Waals surface area (Å²) in [6.07, 6.45) is 17.6. The topological polar surface area (TPSA) is 29.5 Å². The molecule has 0 aliphatic heterocycles.